The highest BCUT2D eigenvalue weighted by Gasteiger charge is 2.17. The van der Waals surface area contributed by atoms with E-state index < -0.39 is 0 Å². The van der Waals surface area contributed by atoms with Crippen LogP contribution in [0.25, 0.3) is 0 Å². The first kappa shape index (κ1) is 12.2. The molecule has 92 valence electrons. The minimum atomic E-state index is 0.535. The van der Waals surface area contributed by atoms with Gasteiger partial charge in [-0.05, 0) is 43.6 Å². The Labute approximate surface area is 106 Å². The van der Waals surface area contributed by atoms with Crippen molar-refractivity contribution in [3.8, 4) is 0 Å². The lowest BCUT2D eigenvalue weighted by atomic mass is 10.0. The van der Waals surface area contributed by atoms with Gasteiger partial charge in [0.2, 0.25) is 0 Å². The van der Waals surface area contributed by atoms with Gasteiger partial charge in [-0.2, -0.15) is 0 Å². The normalized spacial score (nSPS) is 20.5. The number of hydrogen-bond acceptors (Lipinski definition) is 3. The van der Waals surface area contributed by atoms with Crippen molar-refractivity contribution in [3.63, 3.8) is 0 Å². The monoisotopic (exact) mass is 253 g/mol. The molecule has 1 aliphatic rings. The first-order chi connectivity index (χ1) is 8.28. The number of nitrogens with zero attached hydrogens (tertiary/aromatic N) is 1. The molecule has 2 rings (SSSR count). The lowest BCUT2D eigenvalue weighted by molar-refractivity contribution is 0.316. The summed E-state index contributed by atoms with van der Waals surface area (Å²) in [5, 5.41) is 19.3. The first-order valence-electron chi connectivity index (χ1n) is 5.72. The Bertz CT molecular complexity index is 402. The summed E-state index contributed by atoms with van der Waals surface area (Å²) in [6.07, 6.45) is 1.87. The van der Waals surface area contributed by atoms with Gasteiger partial charge in [0, 0.05) is 17.1 Å². The fraction of sp³-hybridized carbons (Fsp3) is 0.417. The van der Waals surface area contributed by atoms with Crippen LogP contribution in [-0.2, 0) is 0 Å². The van der Waals surface area contributed by atoms with Gasteiger partial charge in [0.15, 0.2) is 0 Å². The molecule has 1 fully saturated rings. The third-order valence-corrected chi connectivity index (χ3v) is 3.11. The van der Waals surface area contributed by atoms with E-state index >= 15 is 0 Å². The van der Waals surface area contributed by atoms with Gasteiger partial charge in [0.25, 0.3) is 0 Å². The number of amidine groups is 1. The average molecular weight is 254 g/mol. The van der Waals surface area contributed by atoms with Crippen LogP contribution in [0.4, 0.5) is 5.69 Å². The molecule has 1 aliphatic heterocycles. The number of halogens is 1. The second-order valence-electron chi connectivity index (χ2n) is 4.24. The van der Waals surface area contributed by atoms with Crippen LogP contribution in [0.15, 0.2) is 29.4 Å². The summed E-state index contributed by atoms with van der Waals surface area (Å²) in [5.74, 6) is 1.12. The van der Waals surface area contributed by atoms with Crippen molar-refractivity contribution in [2.24, 2.45) is 11.1 Å². The second kappa shape index (κ2) is 5.89. The van der Waals surface area contributed by atoms with Crippen molar-refractivity contribution in [1.29, 1.82) is 0 Å². The van der Waals surface area contributed by atoms with Gasteiger partial charge in [0.1, 0.15) is 5.84 Å². The predicted molar refractivity (Wildman–Crippen MR) is 69.9 cm³/mol. The average Bonchev–Trinajstić information content (AvgIpc) is 2.81. The minimum absolute atomic E-state index is 0.535. The molecular formula is C12H16ClN3O. The highest BCUT2D eigenvalue weighted by molar-refractivity contribution is 6.30. The molecule has 1 aromatic rings. The van der Waals surface area contributed by atoms with Gasteiger partial charge in [-0.15, -0.1) is 0 Å². The molecule has 5 heteroatoms. The van der Waals surface area contributed by atoms with E-state index in [0.29, 0.717) is 16.8 Å². The summed E-state index contributed by atoms with van der Waals surface area (Å²) < 4.78 is 0. The molecule has 1 unspecified atom stereocenters. The fourth-order valence-electron chi connectivity index (χ4n) is 2.01. The van der Waals surface area contributed by atoms with E-state index in [1.54, 1.807) is 6.07 Å². The van der Waals surface area contributed by atoms with Crippen molar-refractivity contribution in [1.82, 2.24) is 5.32 Å². The summed E-state index contributed by atoms with van der Waals surface area (Å²) in [7, 11) is 0. The third-order valence-electron chi connectivity index (χ3n) is 2.88. The van der Waals surface area contributed by atoms with E-state index in [2.05, 4.69) is 15.8 Å². The van der Waals surface area contributed by atoms with Crippen LogP contribution in [-0.4, -0.2) is 24.1 Å². The van der Waals surface area contributed by atoms with E-state index in [1.165, 1.54) is 0 Å². The number of nitrogens with one attached hydrogen (secondary N) is 2. The van der Waals surface area contributed by atoms with E-state index in [4.69, 9.17) is 16.8 Å². The number of rotatable bonds is 3. The Hall–Kier alpha value is -1.26. The van der Waals surface area contributed by atoms with Crippen LogP contribution in [0.1, 0.15) is 12.8 Å². The summed E-state index contributed by atoms with van der Waals surface area (Å²) in [5.41, 5.74) is 0.844. The molecule has 1 heterocycles. The van der Waals surface area contributed by atoms with Crippen LogP contribution in [0.3, 0.4) is 0 Å². The Morgan fingerprint density at radius 2 is 2.47 bits per heavy atom. The number of anilines is 1. The molecular weight excluding hydrogens is 238 g/mol. The number of benzene rings is 1. The SMILES string of the molecule is O/N=C(/CC1CCNC1)Nc1cccc(Cl)c1. The van der Waals surface area contributed by atoms with E-state index in [0.717, 1.165) is 31.6 Å². The van der Waals surface area contributed by atoms with Gasteiger partial charge >= 0.3 is 0 Å². The Morgan fingerprint density at radius 3 is 3.12 bits per heavy atom. The summed E-state index contributed by atoms with van der Waals surface area (Å²) in [6, 6.07) is 7.36. The number of oxime groups is 1. The molecule has 4 nitrogen and oxygen atoms in total. The molecule has 0 saturated carbocycles. The molecule has 0 radical (unpaired) electrons. The highest BCUT2D eigenvalue weighted by Crippen LogP contribution is 2.18. The molecule has 1 saturated heterocycles. The van der Waals surface area contributed by atoms with Crippen LogP contribution < -0.4 is 10.6 Å². The zero-order valence-electron chi connectivity index (χ0n) is 9.49. The van der Waals surface area contributed by atoms with Crippen molar-refractivity contribution in [3.05, 3.63) is 29.3 Å². The highest BCUT2D eigenvalue weighted by atomic mass is 35.5. The second-order valence-corrected chi connectivity index (χ2v) is 4.68. The van der Waals surface area contributed by atoms with E-state index in [-0.39, 0.29) is 0 Å². The van der Waals surface area contributed by atoms with Crippen molar-refractivity contribution >= 4 is 23.1 Å². The molecule has 0 aliphatic carbocycles. The molecule has 0 bridgehead atoms. The lowest BCUT2D eigenvalue weighted by Crippen LogP contribution is -2.18. The Balaban J connectivity index is 1.95. The Morgan fingerprint density at radius 1 is 1.59 bits per heavy atom. The maximum atomic E-state index is 8.99. The number of hydrogen-bond donors (Lipinski definition) is 3. The Kier molecular flexibility index (Phi) is 4.23. The smallest absolute Gasteiger partial charge is 0.146 e. The molecule has 17 heavy (non-hydrogen) atoms. The summed E-state index contributed by atoms with van der Waals surface area (Å²) >= 11 is 5.89. The molecule has 0 spiro atoms. The topological polar surface area (TPSA) is 56.7 Å². The van der Waals surface area contributed by atoms with Crippen LogP contribution >= 0.6 is 11.6 Å². The first-order valence-corrected chi connectivity index (χ1v) is 6.10. The summed E-state index contributed by atoms with van der Waals surface area (Å²) in [4.78, 5) is 0. The van der Waals surface area contributed by atoms with Gasteiger partial charge in [-0.25, -0.2) is 0 Å². The fourth-order valence-corrected chi connectivity index (χ4v) is 2.20. The quantitative estimate of drug-likeness (QED) is 0.336. The molecule has 0 amide bonds. The largest absolute Gasteiger partial charge is 0.409 e. The summed E-state index contributed by atoms with van der Waals surface area (Å²) in [6.45, 7) is 2.02. The van der Waals surface area contributed by atoms with E-state index in [9.17, 15) is 0 Å². The maximum Gasteiger partial charge on any atom is 0.146 e. The van der Waals surface area contributed by atoms with Gasteiger partial charge in [-0.1, -0.05) is 22.8 Å². The lowest BCUT2D eigenvalue weighted by Gasteiger charge is -2.12. The minimum Gasteiger partial charge on any atom is -0.409 e. The van der Waals surface area contributed by atoms with Crippen molar-refractivity contribution in [2.45, 2.75) is 12.8 Å². The van der Waals surface area contributed by atoms with E-state index in [1.807, 2.05) is 18.2 Å². The third kappa shape index (κ3) is 3.61. The van der Waals surface area contributed by atoms with Crippen LogP contribution in [0.5, 0.6) is 0 Å². The predicted octanol–water partition coefficient (Wildman–Crippen LogP) is 2.54. The van der Waals surface area contributed by atoms with Gasteiger partial charge in [0.05, 0.1) is 0 Å². The maximum absolute atomic E-state index is 8.99. The van der Waals surface area contributed by atoms with Crippen LogP contribution in [0.2, 0.25) is 5.02 Å². The van der Waals surface area contributed by atoms with Gasteiger partial charge < -0.3 is 15.8 Å². The molecule has 1 atom stereocenters. The molecule has 3 N–H and O–H groups in total. The van der Waals surface area contributed by atoms with Crippen LogP contribution in [0, 0.1) is 5.92 Å². The van der Waals surface area contributed by atoms with Crippen molar-refractivity contribution < 1.29 is 5.21 Å². The molecule has 0 aromatic heterocycles. The van der Waals surface area contributed by atoms with Crippen molar-refractivity contribution in [2.75, 3.05) is 18.4 Å². The van der Waals surface area contributed by atoms with Gasteiger partial charge in [-0.3, -0.25) is 0 Å². The zero-order chi connectivity index (χ0) is 12.1. The zero-order valence-corrected chi connectivity index (χ0v) is 10.2. The molecule has 1 aromatic carbocycles. The standard InChI is InChI=1S/C12H16ClN3O/c13-10-2-1-3-11(7-10)15-12(16-17)6-9-4-5-14-8-9/h1-3,7,9,14,17H,4-6,8H2,(H,15,16).